The van der Waals surface area contributed by atoms with E-state index in [0.29, 0.717) is 30.3 Å². The summed E-state index contributed by atoms with van der Waals surface area (Å²) in [5.74, 6) is 1.27. The summed E-state index contributed by atoms with van der Waals surface area (Å²) in [5, 5.41) is 2.95. The van der Waals surface area contributed by atoms with E-state index in [-0.39, 0.29) is 18.4 Å². The summed E-state index contributed by atoms with van der Waals surface area (Å²) in [6.07, 6.45) is 0. The quantitative estimate of drug-likeness (QED) is 0.550. The molecule has 0 radical (unpaired) electrons. The Morgan fingerprint density at radius 3 is 2.44 bits per heavy atom. The van der Waals surface area contributed by atoms with Crippen molar-refractivity contribution >= 4 is 17.6 Å². The first-order valence-corrected chi connectivity index (χ1v) is 8.68. The average Bonchev–Trinajstić information content (AvgIpc) is 2.70. The van der Waals surface area contributed by atoms with Gasteiger partial charge >= 0.3 is 0 Å². The van der Waals surface area contributed by atoms with Gasteiger partial charge in [-0.3, -0.25) is 4.79 Å². The van der Waals surface area contributed by atoms with Crippen molar-refractivity contribution in [3.8, 4) is 11.5 Å². The predicted octanol–water partition coefficient (Wildman–Crippen LogP) is 2.48. The normalized spacial score (nSPS) is 11.0. The largest absolute Gasteiger partial charge is 0.493 e. The van der Waals surface area contributed by atoms with Crippen LogP contribution in [0, 0.1) is 0 Å². The highest BCUT2D eigenvalue weighted by Gasteiger charge is 2.12. The number of hydrogen-bond donors (Lipinski definition) is 2. The van der Waals surface area contributed by atoms with Crippen LogP contribution in [0.3, 0.4) is 0 Å². The van der Waals surface area contributed by atoms with Crippen molar-refractivity contribution in [2.75, 3.05) is 32.6 Å². The molecule has 0 aliphatic carbocycles. The molecule has 3 N–H and O–H groups in total. The fraction of sp³-hybridized carbons (Fsp3) is 0.300. The maximum atomic E-state index is 12.4. The minimum atomic E-state index is -0.0848. The van der Waals surface area contributed by atoms with E-state index in [9.17, 15) is 4.79 Å². The van der Waals surface area contributed by atoms with E-state index >= 15 is 0 Å². The fourth-order valence-corrected chi connectivity index (χ4v) is 2.53. The monoisotopic (exact) mass is 370 g/mol. The number of aliphatic imine (C=N–C) groups is 1. The van der Waals surface area contributed by atoms with E-state index in [1.54, 1.807) is 37.3 Å². The zero-order valence-electron chi connectivity index (χ0n) is 15.9. The number of hydrogen-bond acceptors (Lipinski definition) is 4. The smallest absolute Gasteiger partial charge is 0.244 e. The van der Waals surface area contributed by atoms with Gasteiger partial charge in [0.15, 0.2) is 17.5 Å². The molecule has 0 aliphatic rings. The molecular formula is C20H26N4O3. The molecule has 27 heavy (non-hydrogen) atoms. The van der Waals surface area contributed by atoms with Crippen LogP contribution in [0.5, 0.6) is 11.5 Å². The van der Waals surface area contributed by atoms with Crippen LogP contribution >= 0.6 is 0 Å². The molecule has 0 saturated heterocycles. The Bertz CT molecular complexity index is 778. The third-order valence-corrected chi connectivity index (χ3v) is 3.99. The van der Waals surface area contributed by atoms with E-state index < -0.39 is 0 Å². The molecule has 0 spiro atoms. The zero-order chi connectivity index (χ0) is 19.6. The van der Waals surface area contributed by atoms with Crippen molar-refractivity contribution in [1.82, 2.24) is 4.90 Å². The zero-order valence-corrected chi connectivity index (χ0v) is 15.9. The van der Waals surface area contributed by atoms with Gasteiger partial charge in [0.25, 0.3) is 0 Å². The first kappa shape index (κ1) is 20.1. The number of anilines is 1. The summed E-state index contributed by atoms with van der Waals surface area (Å²) < 4.78 is 10.5. The van der Waals surface area contributed by atoms with Crippen LogP contribution in [-0.2, 0) is 11.3 Å². The standard InChI is InChI=1S/C20H26N4O3/c1-4-24(14-15-8-6-5-7-9-15)19(25)13-22-20(21)23-16-10-11-17(26-2)18(12-16)27-3/h5-12H,4,13-14H2,1-3H3,(H3,21,22,23). The highest BCUT2D eigenvalue weighted by Crippen LogP contribution is 2.29. The molecule has 0 aliphatic heterocycles. The summed E-state index contributed by atoms with van der Waals surface area (Å²) in [6.45, 7) is 3.07. The number of methoxy groups -OCH3 is 2. The Hall–Kier alpha value is -3.22. The highest BCUT2D eigenvalue weighted by molar-refractivity contribution is 5.94. The molecule has 0 saturated carbocycles. The van der Waals surface area contributed by atoms with Gasteiger partial charge in [-0.15, -0.1) is 0 Å². The SMILES string of the molecule is CCN(Cc1ccccc1)C(=O)CN=C(N)Nc1ccc(OC)c(OC)c1. The van der Waals surface area contributed by atoms with Gasteiger partial charge < -0.3 is 25.4 Å². The maximum absolute atomic E-state index is 12.4. The van der Waals surface area contributed by atoms with Crippen LogP contribution in [0.25, 0.3) is 0 Å². The molecule has 2 aromatic rings. The number of ether oxygens (including phenoxy) is 2. The maximum Gasteiger partial charge on any atom is 0.244 e. The number of amides is 1. The molecular weight excluding hydrogens is 344 g/mol. The van der Waals surface area contributed by atoms with Gasteiger partial charge in [0.1, 0.15) is 6.54 Å². The van der Waals surface area contributed by atoms with Gasteiger partial charge in [0.05, 0.1) is 14.2 Å². The Kier molecular flexibility index (Phi) is 7.49. The second-order valence-corrected chi connectivity index (χ2v) is 5.79. The third-order valence-electron chi connectivity index (χ3n) is 3.99. The number of carbonyl (C=O) groups is 1. The molecule has 0 aromatic heterocycles. The predicted molar refractivity (Wildman–Crippen MR) is 107 cm³/mol. The minimum absolute atomic E-state index is 0.0210. The molecule has 7 nitrogen and oxygen atoms in total. The summed E-state index contributed by atoms with van der Waals surface area (Å²) in [7, 11) is 3.13. The lowest BCUT2D eigenvalue weighted by Crippen LogP contribution is -2.33. The molecule has 2 rings (SSSR count). The molecule has 0 unspecified atom stereocenters. The lowest BCUT2D eigenvalue weighted by molar-refractivity contribution is -0.130. The molecule has 0 bridgehead atoms. The van der Waals surface area contributed by atoms with Crippen LogP contribution in [0.15, 0.2) is 53.5 Å². The van der Waals surface area contributed by atoms with Gasteiger partial charge in [-0.05, 0) is 24.6 Å². The Morgan fingerprint density at radius 2 is 1.81 bits per heavy atom. The van der Waals surface area contributed by atoms with Crippen LogP contribution < -0.4 is 20.5 Å². The van der Waals surface area contributed by atoms with Crippen LogP contribution in [0.4, 0.5) is 5.69 Å². The van der Waals surface area contributed by atoms with Gasteiger partial charge in [0.2, 0.25) is 5.91 Å². The number of carbonyl (C=O) groups excluding carboxylic acids is 1. The van der Waals surface area contributed by atoms with Crippen molar-refractivity contribution in [3.05, 3.63) is 54.1 Å². The van der Waals surface area contributed by atoms with Crippen molar-refractivity contribution in [3.63, 3.8) is 0 Å². The number of nitrogens with zero attached hydrogens (tertiary/aromatic N) is 2. The number of benzene rings is 2. The summed E-state index contributed by atoms with van der Waals surface area (Å²) in [6, 6.07) is 15.1. The number of likely N-dealkylation sites (N-methyl/N-ethyl adjacent to an activating group) is 1. The Balaban J connectivity index is 1.96. The molecule has 0 atom stereocenters. The summed E-state index contributed by atoms with van der Waals surface area (Å²) >= 11 is 0. The Morgan fingerprint density at radius 1 is 1.11 bits per heavy atom. The Labute approximate surface area is 159 Å². The third kappa shape index (κ3) is 5.91. The second-order valence-electron chi connectivity index (χ2n) is 5.79. The second kappa shape index (κ2) is 10.1. The topological polar surface area (TPSA) is 89.2 Å². The van der Waals surface area contributed by atoms with Crippen LogP contribution in [0.2, 0.25) is 0 Å². The lowest BCUT2D eigenvalue weighted by Gasteiger charge is -2.20. The first-order valence-electron chi connectivity index (χ1n) is 8.68. The number of guanidine groups is 1. The van der Waals surface area contributed by atoms with Crippen LogP contribution in [0.1, 0.15) is 12.5 Å². The molecule has 7 heteroatoms. The summed E-state index contributed by atoms with van der Waals surface area (Å²) in [4.78, 5) is 18.3. The molecule has 2 aromatic carbocycles. The van der Waals surface area contributed by atoms with Crippen LogP contribution in [-0.4, -0.2) is 44.1 Å². The van der Waals surface area contributed by atoms with Crippen molar-refractivity contribution in [2.45, 2.75) is 13.5 Å². The number of nitrogens with one attached hydrogen (secondary N) is 1. The molecule has 1 amide bonds. The van der Waals surface area contributed by atoms with E-state index in [1.165, 1.54) is 0 Å². The van der Waals surface area contributed by atoms with Gasteiger partial charge in [-0.1, -0.05) is 30.3 Å². The van der Waals surface area contributed by atoms with E-state index in [0.717, 1.165) is 5.56 Å². The van der Waals surface area contributed by atoms with E-state index in [1.807, 2.05) is 37.3 Å². The fourth-order valence-electron chi connectivity index (χ4n) is 2.53. The highest BCUT2D eigenvalue weighted by atomic mass is 16.5. The van der Waals surface area contributed by atoms with Crippen molar-refractivity contribution in [2.24, 2.45) is 10.7 Å². The number of rotatable bonds is 8. The minimum Gasteiger partial charge on any atom is -0.493 e. The molecule has 0 heterocycles. The van der Waals surface area contributed by atoms with Gasteiger partial charge in [-0.25, -0.2) is 4.99 Å². The molecule has 0 fully saturated rings. The summed E-state index contributed by atoms with van der Waals surface area (Å²) in [5.41, 5.74) is 7.68. The van der Waals surface area contributed by atoms with Crippen molar-refractivity contribution < 1.29 is 14.3 Å². The lowest BCUT2D eigenvalue weighted by atomic mass is 10.2. The van der Waals surface area contributed by atoms with Crippen molar-refractivity contribution in [1.29, 1.82) is 0 Å². The van der Waals surface area contributed by atoms with E-state index in [4.69, 9.17) is 15.2 Å². The number of nitrogens with two attached hydrogens (primary N) is 1. The van der Waals surface area contributed by atoms with Gasteiger partial charge in [0, 0.05) is 24.8 Å². The molecule has 144 valence electrons. The average molecular weight is 370 g/mol. The van der Waals surface area contributed by atoms with E-state index in [2.05, 4.69) is 10.3 Å². The first-order chi connectivity index (χ1) is 13.1. The van der Waals surface area contributed by atoms with Gasteiger partial charge in [-0.2, -0.15) is 0 Å².